The van der Waals surface area contributed by atoms with E-state index in [1.54, 1.807) is 19.1 Å². The molecule has 5 heterocycles. The van der Waals surface area contributed by atoms with Gasteiger partial charge in [0, 0.05) is 16.7 Å². The van der Waals surface area contributed by atoms with Crippen molar-refractivity contribution in [3.63, 3.8) is 0 Å². The second kappa shape index (κ2) is 10.7. The van der Waals surface area contributed by atoms with E-state index in [2.05, 4.69) is 6.07 Å². The van der Waals surface area contributed by atoms with Crippen molar-refractivity contribution < 1.29 is 63.5 Å². The summed E-state index contributed by atoms with van der Waals surface area (Å²) >= 11 is 0. The second-order valence-electron chi connectivity index (χ2n) is 12.5. The molecule has 42 heavy (non-hydrogen) atoms. The normalized spacial score (nSPS) is 29.3. The summed E-state index contributed by atoms with van der Waals surface area (Å²) in [5.41, 5.74) is 5.35. The van der Waals surface area contributed by atoms with Crippen molar-refractivity contribution in [1.29, 1.82) is 0 Å². The van der Waals surface area contributed by atoms with Gasteiger partial charge in [0.05, 0.1) is 24.7 Å². The van der Waals surface area contributed by atoms with Crippen LogP contribution in [0.1, 0.15) is 40.4 Å². The van der Waals surface area contributed by atoms with Crippen LogP contribution in [-0.4, -0.2) is 111 Å². The van der Waals surface area contributed by atoms with Gasteiger partial charge in [-0.2, -0.15) is 0 Å². The molecule has 2 bridgehead atoms. The molecule has 8 rings (SSSR count). The zero-order valence-electron chi connectivity index (χ0n) is 23.4. The van der Waals surface area contributed by atoms with Crippen molar-refractivity contribution in [2.24, 2.45) is 5.92 Å². The molecule has 224 valence electrons. The summed E-state index contributed by atoms with van der Waals surface area (Å²) in [4.78, 5) is 39.6. The van der Waals surface area contributed by atoms with Crippen molar-refractivity contribution in [2.75, 3.05) is 52.4 Å². The average molecular weight is 617 g/mol. The first-order chi connectivity index (χ1) is 19.2. The number of aliphatic carboxylic acids is 1. The molecule has 0 aromatic heterocycles. The van der Waals surface area contributed by atoms with Crippen LogP contribution in [0.2, 0.25) is 0 Å². The Balaban J connectivity index is 0.00000176. The van der Waals surface area contributed by atoms with Crippen LogP contribution in [0.3, 0.4) is 0 Å². The zero-order chi connectivity index (χ0) is 28.0. The predicted molar refractivity (Wildman–Crippen MR) is 146 cm³/mol. The van der Waals surface area contributed by atoms with Crippen LogP contribution in [0, 0.1) is 5.92 Å². The Morgan fingerprint density at radius 1 is 0.929 bits per heavy atom. The number of hydrogen-bond acceptors (Lipinski definition) is 5. The first-order valence-electron chi connectivity index (χ1n) is 14.3. The standard InChI is InChI=1S/C31H34N3O6.2ClH/c1-18(36)27-26-16-23(28(31(39)40)32(26)30(27)38)20-3-5-22-24(15-20)21-4-2-19(14-25(21)29(22)37)17-34-9-6-33(7-10-34,8-11-34)12-13-35;;/h2-5,14-15,18,26-27,35-36H,6-13,16-17H2,1H3;2*1H/q+1;;/p-1/t18-,26-,27-,33?,34?;;/m1../s1. The molecule has 1 aliphatic carbocycles. The molecular formula is C31H35Cl2N3O6. The molecule has 4 saturated heterocycles. The number of β-lactam (4-membered cyclic amide) rings is 1. The Morgan fingerprint density at radius 3 is 2.19 bits per heavy atom. The van der Waals surface area contributed by atoms with Crippen molar-refractivity contribution in [3.8, 4) is 11.1 Å². The molecule has 6 aliphatic rings. The number of rotatable bonds is 7. The predicted octanol–water partition coefficient (Wildman–Crippen LogP) is -4.53. The number of fused-ring (bicyclic) bond motifs is 7. The van der Waals surface area contributed by atoms with Gasteiger partial charge in [-0.05, 0) is 53.8 Å². The number of hydrogen-bond donors (Lipinski definition) is 3. The molecule has 11 heteroatoms. The Bertz CT molecular complexity index is 1500. The summed E-state index contributed by atoms with van der Waals surface area (Å²) in [6.45, 7) is 10.1. The zero-order valence-corrected chi connectivity index (χ0v) is 24.9. The van der Waals surface area contributed by atoms with Gasteiger partial charge in [-0.15, -0.1) is 0 Å². The molecular weight excluding hydrogens is 581 g/mol. The van der Waals surface area contributed by atoms with E-state index in [0.29, 0.717) is 28.7 Å². The number of carboxylic acids is 1. The summed E-state index contributed by atoms with van der Waals surface area (Å²) < 4.78 is 2.06. The van der Waals surface area contributed by atoms with Gasteiger partial charge in [-0.1, -0.05) is 18.2 Å². The van der Waals surface area contributed by atoms with Crippen molar-refractivity contribution >= 4 is 23.2 Å². The van der Waals surface area contributed by atoms with Crippen molar-refractivity contribution in [2.45, 2.75) is 32.0 Å². The topological polar surface area (TPSA) is 115 Å². The quantitative estimate of drug-likeness (QED) is 0.182. The van der Waals surface area contributed by atoms with Gasteiger partial charge in [0.1, 0.15) is 58.1 Å². The third-order valence-electron chi connectivity index (χ3n) is 10.4. The van der Waals surface area contributed by atoms with Gasteiger partial charge in [0.25, 0.3) is 0 Å². The highest BCUT2D eigenvalue weighted by molar-refractivity contribution is 6.22. The average Bonchev–Trinajstić information content (AvgIpc) is 3.42. The maximum atomic E-state index is 13.5. The maximum absolute atomic E-state index is 13.5. The lowest BCUT2D eigenvalue weighted by Gasteiger charge is -2.55. The van der Waals surface area contributed by atoms with Gasteiger partial charge in [-0.25, -0.2) is 4.79 Å². The molecule has 2 aromatic carbocycles. The van der Waals surface area contributed by atoms with E-state index in [-0.39, 0.29) is 54.9 Å². The first-order valence-corrected chi connectivity index (χ1v) is 14.3. The first kappa shape index (κ1) is 30.7. The van der Waals surface area contributed by atoms with Crippen LogP contribution >= 0.6 is 0 Å². The Hall–Kier alpha value is -2.79. The van der Waals surface area contributed by atoms with Gasteiger partial charge >= 0.3 is 5.97 Å². The molecule has 1 amide bonds. The van der Waals surface area contributed by atoms with Crippen LogP contribution in [-0.2, 0) is 16.1 Å². The third kappa shape index (κ3) is 4.41. The molecule has 3 atom stereocenters. The Labute approximate surface area is 257 Å². The van der Waals surface area contributed by atoms with Crippen LogP contribution in [0.25, 0.3) is 16.7 Å². The molecule has 2 aromatic rings. The monoisotopic (exact) mass is 615 g/mol. The summed E-state index contributed by atoms with van der Waals surface area (Å²) in [7, 11) is 0. The lowest BCUT2D eigenvalue weighted by molar-refractivity contribution is -1.09. The number of halogens is 2. The lowest BCUT2D eigenvalue weighted by atomic mass is 9.82. The van der Waals surface area contributed by atoms with Gasteiger partial charge in [-0.3, -0.25) is 9.59 Å². The highest BCUT2D eigenvalue weighted by Crippen LogP contribution is 2.48. The fourth-order valence-corrected chi connectivity index (χ4v) is 8.05. The molecule has 9 nitrogen and oxygen atoms in total. The largest absolute Gasteiger partial charge is 1.00 e. The molecule has 0 saturated carbocycles. The molecule has 5 aliphatic heterocycles. The van der Waals surface area contributed by atoms with E-state index < -0.39 is 18.0 Å². The minimum absolute atomic E-state index is 0. The summed E-state index contributed by atoms with van der Waals surface area (Å²) in [6, 6.07) is 11.3. The van der Waals surface area contributed by atoms with Gasteiger partial charge < -0.3 is 54.0 Å². The Kier molecular flexibility index (Phi) is 7.83. The summed E-state index contributed by atoms with van der Waals surface area (Å²) in [5, 5.41) is 29.5. The van der Waals surface area contributed by atoms with Gasteiger partial charge in [0.15, 0.2) is 5.78 Å². The second-order valence-corrected chi connectivity index (χ2v) is 12.5. The number of nitrogens with zero attached hydrogens (tertiary/aromatic N) is 3. The number of piperazine rings is 3. The molecule has 0 spiro atoms. The molecule has 0 radical (unpaired) electrons. The van der Waals surface area contributed by atoms with E-state index >= 15 is 0 Å². The number of aliphatic hydroxyl groups is 2. The minimum Gasteiger partial charge on any atom is -1.00 e. The van der Waals surface area contributed by atoms with E-state index in [9.17, 15) is 29.7 Å². The summed E-state index contributed by atoms with van der Waals surface area (Å²) in [6.07, 6.45) is -0.482. The van der Waals surface area contributed by atoms with Gasteiger partial charge in [0.2, 0.25) is 5.91 Å². The number of benzene rings is 2. The SMILES string of the molecule is C[C@@H](O)[C@H]1C(=O)N2C(C(=O)O)=C(c3ccc4c(c3)-c3ccc(C[N+]56CC[N+](CCO)(CC5)CC6)cc3C4=O)C[C@H]12.[Cl-].[Cl-]. The maximum Gasteiger partial charge on any atom is 0.352 e. The molecule has 0 unspecified atom stereocenters. The van der Waals surface area contributed by atoms with E-state index in [1.807, 2.05) is 18.2 Å². The van der Waals surface area contributed by atoms with E-state index in [0.717, 1.165) is 78.0 Å². The van der Waals surface area contributed by atoms with Crippen molar-refractivity contribution in [3.05, 3.63) is 64.3 Å². The van der Waals surface area contributed by atoms with Crippen LogP contribution in [0.15, 0.2) is 42.1 Å². The van der Waals surface area contributed by atoms with Crippen molar-refractivity contribution in [1.82, 2.24) is 4.90 Å². The van der Waals surface area contributed by atoms with E-state index in [1.165, 1.54) is 4.90 Å². The van der Waals surface area contributed by atoms with Crippen LogP contribution in [0.5, 0.6) is 0 Å². The van der Waals surface area contributed by atoms with Crippen LogP contribution in [0.4, 0.5) is 0 Å². The number of carbonyl (C=O) groups excluding carboxylic acids is 2. The summed E-state index contributed by atoms with van der Waals surface area (Å²) in [5.74, 6) is -2.13. The molecule has 4 fully saturated rings. The number of ketones is 1. The number of amides is 1. The Morgan fingerprint density at radius 2 is 1.57 bits per heavy atom. The fraction of sp³-hybridized carbons (Fsp3) is 0.452. The fourth-order valence-electron chi connectivity index (χ4n) is 8.05. The third-order valence-corrected chi connectivity index (χ3v) is 10.4. The number of carboxylic acid groups (broad SMARTS) is 1. The highest BCUT2D eigenvalue weighted by atomic mass is 35.5. The van der Waals surface area contributed by atoms with Crippen LogP contribution < -0.4 is 24.8 Å². The highest BCUT2D eigenvalue weighted by Gasteiger charge is 2.57. The lowest BCUT2D eigenvalue weighted by Crippen LogP contribution is -3.00. The number of quaternary nitrogens is 2. The number of aliphatic hydroxyl groups excluding tert-OH is 2. The molecule has 3 N–H and O–H groups in total. The van der Waals surface area contributed by atoms with E-state index in [4.69, 9.17) is 0 Å². The number of carbonyl (C=O) groups is 3. The smallest absolute Gasteiger partial charge is 0.352 e. The minimum atomic E-state index is -1.16.